The van der Waals surface area contributed by atoms with Gasteiger partial charge in [0.1, 0.15) is 0 Å². The Morgan fingerprint density at radius 3 is 1.39 bits per heavy atom. The number of aryl methyl sites for hydroxylation is 3. The van der Waals surface area contributed by atoms with Crippen LogP contribution in [-0.4, -0.2) is 29.9 Å². The minimum Gasteiger partial charge on any atom is -0.348 e. The molecule has 0 aliphatic rings. The summed E-state index contributed by atoms with van der Waals surface area (Å²) in [5.74, 6) is 0.764. The number of rotatable bonds is 6. The van der Waals surface area contributed by atoms with Gasteiger partial charge in [0.2, 0.25) is 0 Å². The van der Waals surface area contributed by atoms with Crippen molar-refractivity contribution in [3.05, 3.63) is 159 Å². The Balaban J connectivity index is 0.000000151. The SMILES string of the molecule is Cc1cccc(C(C)c2cnc[nH]2)c1C.Cc1cccc(Cc2cnc[nH]2)c1C.Cc1cccc([C@H](C)c2cnc[nH]2)c1C. The van der Waals surface area contributed by atoms with Gasteiger partial charge in [0.25, 0.3) is 0 Å². The Kier molecular flexibility index (Phi) is 11.1. The number of aromatic nitrogens is 6. The summed E-state index contributed by atoms with van der Waals surface area (Å²) in [5.41, 5.74) is 15.8. The third-order valence-corrected chi connectivity index (χ3v) is 8.85. The van der Waals surface area contributed by atoms with E-state index in [0.717, 1.165) is 6.42 Å². The molecule has 6 aromatic rings. The van der Waals surface area contributed by atoms with Crippen LogP contribution in [0.5, 0.6) is 0 Å². The van der Waals surface area contributed by atoms with E-state index in [2.05, 4.69) is 140 Å². The number of H-pyrrole nitrogens is 3. The second kappa shape index (κ2) is 15.1. The third kappa shape index (κ3) is 8.01. The average molecular weight is 587 g/mol. The highest BCUT2D eigenvalue weighted by atomic mass is 14.9. The smallest absolute Gasteiger partial charge is 0.0921 e. The number of hydrogen-bond donors (Lipinski definition) is 3. The lowest BCUT2D eigenvalue weighted by Crippen LogP contribution is -2.00. The second-order valence-corrected chi connectivity index (χ2v) is 11.6. The summed E-state index contributed by atoms with van der Waals surface area (Å²) in [6.07, 6.45) is 11.8. The lowest BCUT2D eigenvalue weighted by atomic mass is 9.92. The Morgan fingerprint density at radius 2 is 0.955 bits per heavy atom. The molecular formula is C38H46N6. The molecule has 44 heavy (non-hydrogen) atoms. The van der Waals surface area contributed by atoms with Gasteiger partial charge in [0.15, 0.2) is 0 Å². The highest BCUT2D eigenvalue weighted by Gasteiger charge is 2.13. The van der Waals surface area contributed by atoms with E-state index in [1.54, 1.807) is 19.0 Å². The fourth-order valence-corrected chi connectivity index (χ4v) is 5.42. The monoisotopic (exact) mass is 586 g/mol. The number of benzene rings is 3. The van der Waals surface area contributed by atoms with Gasteiger partial charge in [-0.3, -0.25) is 0 Å². The minimum absolute atomic E-state index is 0.382. The molecule has 0 fully saturated rings. The zero-order chi connectivity index (χ0) is 31.6. The molecule has 0 bridgehead atoms. The first-order valence-electron chi connectivity index (χ1n) is 15.3. The average Bonchev–Trinajstić information content (AvgIpc) is 3.83. The lowest BCUT2D eigenvalue weighted by molar-refractivity contribution is 0.871. The third-order valence-electron chi connectivity index (χ3n) is 8.85. The highest BCUT2D eigenvalue weighted by molar-refractivity contribution is 5.40. The molecule has 1 unspecified atom stereocenters. The summed E-state index contributed by atoms with van der Waals surface area (Å²) >= 11 is 0. The topological polar surface area (TPSA) is 86.0 Å². The van der Waals surface area contributed by atoms with Crippen LogP contribution < -0.4 is 0 Å². The summed E-state index contributed by atoms with van der Waals surface area (Å²) in [6.45, 7) is 17.4. The van der Waals surface area contributed by atoms with Gasteiger partial charge in [-0.05, 0) is 91.6 Å². The zero-order valence-electron chi connectivity index (χ0n) is 27.4. The van der Waals surface area contributed by atoms with Crippen molar-refractivity contribution in [3.63, 3.8) is 0 Å². The normalized spacial score (nSPS) is 12.0. The molecule has 0 aliphatic carbocycles. The number of aromatic amines is 3. The van der Waals surface area contributed by atoms with E-state index in [1.165, 1.54) is 67.2 Å². The molecular weight excluding hydrogens is 540 g/mol. The van der Waals surface area contributed by atoms with Crippen molar-refractivity contribution < 1.29 is 0 Å². The highest BCUT2D eigenvalue weighted by Crippen LogP contribution is 2.27. The van der Waals surface area contributed by atoms with E-state index in [9.17, 15) is 0 Å². The first kappa shape index (κ1) is 32.2. The fourth-order valence-electron chi connectivity index (χ4n) is 5.42. The van der Waals surface area contributed by atoms with Crippen LogP contribution in [0.4, 0.5) is 0 Å². The van der Waals surface area contributed by atoms with Gasteiger partial charge < -0.3 is 15.0 Å². The first-order valence-corrected chi connectivity index (χ1v) is 15.3. The molecule has 0 spiro atoms. The maximum absolute atomic E-state index is 4.07. The fraction of sp³-hybridized carbons (Fsp3) is 0.289. The molecule has 6 heteroatoms. The van der Waals surface area contributed by atoms with Crippen molar-refractivity contribution in [2.45, 2.75) is 73.6 Å². The van der Waals surface area contributed by atoms with Crippen LogP contribution in [0.25, 0.3) is 0 Å². The number of hydrogen-bond acceptors (Lipinski definition) is 3. The Hall–Kier alpha value is -4.71. The molecule has 0 saturated carbocycles. The van der Waals surface area contributed by atoms with Crippen molar-refractivity contribution in [2.75, 3.05) is 0 Å². The van der Waals surface area contributed by atoms with Crippen LogP contribution in [0.2, 0.25) is 0 Å². The van der Waals surface area contributed by atoms with Crippen molar-refractivity contribution in [1.29, 1.82) is 0 Å². The van der Waals surface area contributed by atoms with E-state index in [-0.39, 0.29) is 0 Å². The predicted octanol–water partition coefficient (Wildman–Crippen LogP) is 8.97. The van der Waals surface area contributed by atoms with Crippen LogP contribution in [0.15, 0.2) is 92.2 Å². The molecule has 3 aromatic carbocycles. The zero-order valence-corrected chi connectivity index (χ0v) is 27.4. The summed E-state index contributed by atoms with van der Waals surface area (Å²) in [7, 11) is 0. The first-order chi connectivity index (χ1) is 21.2. The van der Waals surface area contributed by atoms with E-state index < -0.39 is 0 Å². The van der Waals surface area contributed by atoms with Crippen molar-refractivity contribution in [2.24, 2.45) is 0 Å². The van der Waals surface area contributed by atoms with E-state index in [4.69, 9.17) is 0 Å². The molecule has 3 aromatic heterocycles. The predicted molar refractivity (Wildman–Crippen MR) is 181 cm³/mol. The number of imidazole rings is 3. The standard InChI is InChI=1S/2C13H16N2.C12H14N2/c2*1-9-5-4-6-12(10(9)2)11(3)13-7-14-8-15-13;1-9-4-3-5-11(10(9)2)6-12-7-13-8-14-12/h2*4-8,11H,1-3H3,(H,14,15);3-5,7-8H,6H2,1-2H3,(H,13,14)/t11-;;/m0../s1. The van der Waals surface area contributed by atoms with Gasteiger partial charge in [0, 0.05) is 53.9 Å². The molecule has 228 valence electrons. The van der Waals surface area contributed by atoms with Crippen LogP contribution in [-0.2, 0) is 6.42 Å². The van der Waals surface area contributed by atoms with Crippen molar-refractivity contribution >= 4 is 0 Å². The molecule has 0 saturated heterocycles. The summed E-state index contributed by atoms with van der Waals surface area (Å²) < 4.78 is 0. The maximum atomic E-state index is 4.07. The minimum atomic E-state index is 0.382. The Bertz CT molecular complexity index is 1630. The summed E-state index contributed by atoms with van der Waals surface area (Å²) in [5, 5.41) is 0. The summed E-state index contributed by atoms with van der Waals surface area (Å²) in [6, 6.07) is 19.3. The molecule has 3 heterocycles. The largest absolute Gasteiger partial charge is 0.348 e. The van der Waals surface area contributed by atoms with Gasteiger partial charge in [-0.1, -0.05) is 68.4 Å². The molecule has 6 nitrogen and oxygen atoms in total. The molecule has 0 aliphatic heterocycles. The second-order valence-electron chi connectivity index (χ2n) is 11.6. The van der Waals surface area contributed by atoms with Gasteiger partial charge in [-0.15, -0.1) is 0 Å². The Labute approximate surface area is 262 Å². The summed E-state index contributed by atoms with van der Waals surface area (Å²) in [4.78, 5) is 21.6. The van der Waals surface area contributed by atoms with E-state index in [1.807, 2.05) is 18.6 Å². The number of nitrogens with zero attached hydrogens (tertiary/aromatic N) is 3. The Morgan fingerprint density at radius 1 is 0.523 bits per heavy atom. The maximum Gasteiger partial charge on any atom is 0.0921 e. The van der Waals surface area contributed by atoms with Gasteiger partial charge in [-0.2, -0.15) is 0 Å². The van der Waals surface area contributed by atoms with Gasteiger partial charge in [0.05, 0.1) is 19.0 Å². The quantitative estimate of drug-likeness (QED) is 0.182. The molecule has 0 radical (unpaired) electrons. The van der Waals surface area contributed by atoms with Crippen LogP contribution in [0.3, 0.4) is 0 Å². The van der Waals surface area contributed by atoms with Crippen LogP contribution in [0.1, 0.15) is 92.8 Å². The van der Waals surface area contributed by atoms with Crippen LogP contribution in [0, 0.1) is 41.5 Å². The molecule has 3 N–H and O–H groups in total. The lowest BCUT2D eigenvalue weighted by Gasteiger charge is -2.14. The molecule has 6 rings (SSSR count). The molecule has 0 amide bonds. The van der Waals surface area contributed by atoms with Gasteiger partial charge >= 0.3 is 0 Å². The number of nitrogens with one attached hydrogen (secondary N) is 3. The van der Waals surface area contributed by atoms with Crippen molar-refractivity contribution in [3.8, 4) is 0 Å². The van der Waals surface area contributed by atoms with E-state index in [0.29, 0.717) is 11.8 Å². The van der Waals surface area contributed by atoms with Crippen molar-refractivity contribution in [1.82, 2.24) is 29.9 Å². The van der Waals surface area contributed by atoms with E-state index >= 15 is 0 Å². The van der Waals surface area contributed by atoms with Gasteiger partial charge in [-0.25, -0.2) is 15.0 Å². The molecule has 2 atom stereocenters. The van der Waals surface area contributed by atoms with Crippen LogP contribution >= 0.6 is 0 Å².